The summed E-state index contributed by atoms with van der Waals surface area (Å²) in [5.41, 5.74) is 1.36. The number of hydrogen-bond donors (Lipinski definition) is 2. The van der Waals surface area contributed by atoms with Crippen molar-refractivity contribution in [3.05, 3.63) is 64.5 Å². The number of ketones is 1. The van der Waals surface area contributed by atoms with Crippen molar-refractivity contribution in [3.8, 4) is 5.75 Å². The second-order valence-electron chi connectivity index (χ2n) is 6.42. The molecule has 4 rings (SSSR count). The highest BCUT2D eigenvalue weighted by Gasteiger charge is 2.24. The Bertz CT molecular complexity index is 1310. The number of carbonyl (C=O) groups excluding carboxylic acids is 1. The van der Waals surface area contributed by atoms with Gasteiger partial charge in [-0.05, 0) is 37.3 Å². The fourth-order valence-electron chi connectivity index (χ4n) is 2.87. The van der Waals surface area contributed by atoms with Gasteiger partial charge in [0.1, 0.15) is 12.1 Å². The van der Waals surface area contributed by atoms with Gasteiger partial charge < -0.3 is 15.4 Å². The Morgan fingerprint density at radius 2 is 1.90 bits per heavy atom. The molecule has 2 N–H and O–H groups in total. The number of thiazole rings is 1. The fraction of sp³-hybridized carbons (Fsp3) is 0.100. The minimum Gasteiger partial charge on any atom is -0.497 e. The lowest BCUT2D eigenvalue weighted by molar-refractivity contribution is -0.383. The molecule has 0 aliphatic rings. The number of benzene rings is 2. The minimum absolute atomic E-state index is 0.00348. The molecule has 0 aliphatic carbocycles. The Morgan fingerprint density at radius 1 is 1.13 bits per heavy atom. The van der Waals surface area contributed by atoms with E-state index in [-0.39, 0.29) is 23.1 Å². The molecule has 0 unspecified atom stereocenters. The lowest BCUT2D eigenvalue weighted by Gasteiger charge is -2.09. The van der Waals surface area contributed by atoms with Crippen LogP contribution in [0, 0.1) is 10.1 Å². The zero-order valence-electron chi connectivity index (χ0n) is 16.4. The summed E-state index contributed by atoms with van der Waals surface area (Å²) in [4.78, 5) is 35.3. The summed E-state index contributed by atoms with van der Waals surface area (Å²) in [7, 11) is 1.58. The summed E-state index contributed by atoms with van der Waals surface area (Å²) in [5.74, 6) is 0.563. The first-order valence-electron chi connectivity index (χ1n) is 9.03. The number of nitrogens with one attached hydrogen (secondary N) is 2. The van der Waals surface area contributed by atoms with Gasteiger partial charge in [-0.3, -0.25) is 14.9 Å². The van der Waals surface area contributed by atoms with Crippen LogP contribution in [-0.4, -0.2) is 32.8 Å². The monoisotopic (exact) mass is 436 g/mol. The van der Waals surface area contributed by atoms with Crippen LogP contribution in [0.15, 0.2) is 48.8 Å². The van der Waals surface area contributed by atoms with Gasteiger partial charge in [-0.25, -0.2) is 15.0 Å². The van der Waals surface area contributed by atoms with Gasteiger partial charge >= 0.3 is 5.69 Å². The third kappa shape index (κ3) is 4.26. The Labute approximate surface area is 180 Å². The molecule has 0 amide bonds. The van der Waals surface area contributed by atoms with E-state index in [1.54, 1.807) is 43.5 Å². The van der Waals surface area contributed by atoms with Crippen molar-refractivity contribution in [2.24, 2.45) is 0 Å². The lowest BCUT2D eigenvalue weighted by Crippen LogP contribution is -2.05. The summed E-state index contributed by atoms with van der Waals surface area (Å²) in [6, 6.07) is 12.1. The number of aromatic nitrogens is 3. The average molecular weight is 436 g/mol. The van der Waals surface area contributed by atoms with Crippen LogP contribution in [-0.2, 0) is 0 Å². The second kappa shape index (κ2) is 8.32. The number of Topliss-reactive ketones (excluding diaryl/α,β-unsaturated/α-hetero) is 1. The Kier molecular flexibility index (Phi) is 5.41. The van der Waals surface area contributed by atoms with E-state index in [9.17, 15) is 14.9 Å². The largest absolute Gasteiger partial charge is 0.497 e. The average Bonchev–Trinajstić information content (AvgIpc) is 3.15. The highest BCUT2D eigenvalue weighted by atomic mass is 32.1. The number of fused-ring (bicyclic) bond motifs is 1. The number of rotatable bonds is 7. The molecule has 11 heteroatoms. The summed E-state index contributed by atoms with van der Waals surface area (Å²) in [6.07, 6.45) is 1.21. The zero-order valence-corrected chi connectivity index (χ0v) is 17.3. The number of nitrogens with zero attached hydrogens (tertiary/aromatic N) is 4. The predicted octanol–water partition coefficient (Wildman–Crippen LogP) is 4.69. The third-order valence-corrected chi connectivity index (χ3v) is 5.29. The molecular formula is C20H16N6O4S. The lowest BCUT2D eigenvalue weighted by atomic mass is 10.1. The molecule has 0 atom stereocenters. The maximum atomic E-state index is 11.8. The Hall–Kier alpha value is -4.12. The maximum Gasteiger partial charge on any atom is 0.353 e. The van der Waals surface area contributed by atoms with E-state index in [2.05, 4.69) is 25.6 Å². The van der Waals surface area contributed by atoms with Gasteiger partial charge in [0.25, 0.3) is 0 Å². The van der Waals surface area contributed by atoms with Crippen molar-refractivity contribution in [2.45, 2.75) is 6.92 Å². The van der Waals surface area contributed by atoms with E-state index < -0.39 is 4.92 Å². The smallest absolute Gasteiger partial charge is 0.353 e. The van der Waals surface area contributed by atoms with Crippen molar-refractivity contribution in [2.75, 3.05) is 17.7 Å². The number of methoxy groups -OCH3 is 1. The molecule has 0 bridgehead atoms. The highest BCUT2D eigenvalue weighted by Crippen LogP contribution is 2.36. The summed E-state index contributed by atoms with van der Waals surface area (Å²) >= 11 is 1.31. The van der Waals surface area contributed by atoms with Crippen LogP contribution in [0.1, 0.15) is 17.3 Å². The standard InChI is InChI=1S/C20H16N6O4S/c1-11(27)12-4-3-5-13(8-12)23-18-17(26(28)29)19(22-10-21-18)25-20-24-15-7-6-14(30-2)9-16(15)31-20/h3-10H,1-2H3,(H2,21,22,23,24,25). The van der Waals surface area contributed by atoms with Gasteiger partial charge in [0.15, 0.2) is 10.9 Å². The Morgan fingerprint density at radius 3 is 2.61 bits per heavy atom. The SMILES string of the molecule is COc1ccc2nc(Nc3ncnc(Nc4cccc(C(C)=O)c4)c3[N+](=O)[O-])sc2c1. The van der Waals surface area contributed by atoms with E-state index in [4.69, 9.17) is 4.74 Å². The van der Waals surface area contributed by atoms with Crippen molar-refractivity contribution < 1.29 is 14.5 Å². The first kappa shape index (κ1) is 20.2. The van der Waals surface area contributed by atoms with Gasteiger partial charge in [0.05, 0.1) is 22.2 Å². The van der Waals surface area contributed by atoms with Gasteiger partial charge in [-0.15, -0.1) is 0 Å². The molecular weight excluding hydrogens is 420 g/mol. The molecule has 31 heavy (non-hydrogen) atoms. The quantitative estimate of drug-likeness (QED) is 0.240. The van der Waals surface area contributed by atoms with Crippen LogP contribution in [0.3, 0.4) is 0 Å². The molecule has 0 aliphatic heterocycles. The fourth-order valence-corrected chi connectivity index (χ4v) is 3.77. The molecule has 0 spiro atoms. The summed E-state index contributed by atoms with van der Waals surface area (Å²) in [6.45, 7) is 1.45. The van der Waals surface area contributed by atoms with Crippen LogP contribution >= 0.6 is 11.3 Å². The van der Waals surface area contributed by atoms with Gasteiger partial charge in [-0.1, -0.05) is 23.5 Å². The zero-order chi connectivity index (χ0) is 22.0. The molecule has 0 fully saturated rings. The van der Waals surface area contributed by atoms with E-state index >= 15 is 0 Å². The first-order valence-corrected chi connectivity index (χ1v) is 9.85. The highest BCUT2D eigenvalue weighted by molar-refractivity contribution is 7.22. The number of anilines is 4. The van der Waals surface area contributed by atoms with Gasteiger partial charge in [-0.2, -0.15) is 0 Å². The van der Waals surface area contributed by atoms with Crippen LogP contribution < -0.4 is 15.4 Å². The maximum absolute atomic E-state index is 11.8. The van der Waals surface area contributed by atoms with Crippen LogP contribution in [0.25, 0.3) is 10.2 Å². The summed E-state index contributed by atoms with van der Waals surface area (Å²) < 4.78 is 6.07. The van der Waals surface area contributed by atoms with Crippen molar-refractivity contribution in [1.82, 2.24) is 15.0 Å². The topological polar surface area (TPSA) is 132 Å². The number of carbonyl (C=O) groups is 1. The molecule has 0 saturated heterocycles. The van der Waals surface area contributed by atoms with Crippen LogP contribution in [0.5, 0.6) is 5.75 Å². The molecule has 2 heterocycles. The van der Waals surface area contributed by atoms with E-state index in [0.717, 1.165) is 10.2 Å². The number of ether oxygens (including phenoxy) is 1. The molecule has 156 valence electrons. The molecule has 4 aromatic rings. The number of hydrogen-bond acceptors (Lipinski definition) is 10. The third-order valence-electron chi connectivity index (χ3n) is 4.36. The molecule has 2 aromatic heterocycles. The van der Waals surface area contributed by atoms with E-state index in [1.165, 1.54) is 24.6 Å². The predicted molar refractivity (Wildman–Crippen MR) is 118 cm³/mol. The summed E-state index contributed by atoms with van der Waals surface area (Å²) in [5, 5.41) is 18.1. The molecule has 0 radical (unpaired) electrons. The molecule has 10 nitrogen and oxygen atoms in total. The van der Waals surface area contributed by atoms with E-state index in [0.29, 0.717) is 22.1 Å². The normalized spacial score (nSPS) is 10.6. The van der Waals surface area contributed by atoms with Crippen molar-refractivity contribution in [3.63, 3.8) is 0 Å². The Balaban J connectivity index is 1.68. The molecule has 0 saturated carbocycles. The number of nitro groups is 1. The second-order valence-corrected chi connectivity index (χ2v) is 7.45. The van der Waals surface area contributed by atoms with Crippen molar-refractivity contribution in [1.29, 1.82) is 0 Å². The van der Waals surface area contributed by atoms with E-state index in [1.807, 2.05) is 6.07 Å². The van der Waals surface area contributed by atoms with Crippen molar-refractivity contribution >= 4 is 55.5 Å². The van der Waals surface area contributed by atoms with Gasteiger partial charge in [0, 0.05) is 11.3 Å². The minimum atomic E-state index is -0.574. The first-order chi connectivity index (χ1) is 14.9. The van der Waals surface area contributed by atoms with Gasteiger partial charge in [0.2, 0.25) is 11.6 Å². The van der Waals surface area contributed by atoms with Crippen LogP contribution in [0.2, 0.25) is 0 Å². The van der Waals surface area contributed by atoms with Crippen LogP contribution in [0.4, 0.5) is 28.1 Å². The molecule has 2 aromatic carbocycles.